The highest BCUT2D eigenvalue weighted by Crippen LogP contribution is 2.33. The summed E-state index contributed by atoms with van der Waals surface area (Å²) in [6.07, 6.45) is 1.06. The lowest BCUT2D eigenvalue weighted by atomic mass is 9.91. The molecular weight excluding hydrogens is 290 g/mol. The van der Waals surface area contributed by atoms with Gasteiger partial charge in [-0.2, -0.15) is 0 Å². The van der Waals surface area contributed by atoms with Gasteiger partial charge in [-0.05, 0) is 78.8 Å². The Labute approximate surface area is 139 Å². The number of halogens is 1. The summed E-state index contributed by atoms with van der Waals surface area (Å²) in [4.78, 5) is 0. The lowest BCUT2D eigenvalue weighted by Gasteiger charge is -2.15. The van der Waals surface area contributed by atoms with E-state index in [4.69, 9.17) is 11.6 Å². The van der Waals surface area contributed by atoms with E-state index in [1.54, 1.807) is 0 Å². The molecule has 2 aromatic carbocycles. The first-order valence-electron chi connectivity index (χ1n) is 7.73. The Bertz CT molecular complexity index is 704. The van der Waals surface area contributed by atoms with Gasteiger partial charge in [-0.25, -0.2) is 0 Å². The molecule has 0 spiro atoms. The van der Waals surface area contributed by atoms with Crippen molar-refractivity contribution in [3.05, 3.63) is 63.7 Å². The van der Waals surface area contributed by atoms with E-state index in [9.17, 15) is 0 Å². The number of hydrogen-bond acceptors (Lipinski definition) is 1. The molecule has 0 aliphatic carbocycles. The van der Waals surface area contributed by atoms with Crippen LogP contribution in [0.5, 0.6) is 0 Å². The maximum Gasteiger partial charge on any atom is 0.0482 e. The van der Waals surface area contributed by atoms with Crippen molar-refractivity contribution in [3.8, 4) is 0 Å². The van der Waals surface area contributed by atoms with Gasteiger partial charge in [0.05, 0.1) is 0 Å². The van der Waals surface area contributed by atoms with Gasteiger partial charge in [0.25, 0.3) is 0 Å². The van der Waals surface area contributed by atoms with Crippen LogP contribution in [-0.4, -0.2) is 7.05 Å². The average Bonchev–Trinajstić information content (AvgIpc) is 2.54. The molecule has 116 valence electrons. The van der Waals surface area contributed by atoms with Gasteiger partial charge in [0.1, 0.15) is 0 Å². The molecule has 0 saturated heterocycles. The highest BCUT2D eigenvalue weighted by Gasteiger charge is 2.11. The van der Waals surface area contributed by atoms with Crippen LogP contribution in [-0.2, 0) is 6.42 Å². The van der Waals surface area contributed by atoms with Crippen LogP contribution in [0.3, 0.4) is 0 Å². The zero-order chi connectivity index (χ0) is 16.3. The Balaban J connectivity index is 2.59. The standard InChI is InChI=1S/C20H24ClN/c1-6-16-8-7-9-18(15(16)4)13(2)14(3)19-12-17(22-5)10-11-20(19)21/h7-12,22H,6H2,1-5H3/b14-13+. The monoisotopic (exact) mass is 313 g/mol. The van der Waals surface area contributed by atoms with Crippen LogP contribution >= 0.6 is 11.6 Å². The molecule has 0 bridgehead atoms. The molecular formula is C20H24ClN. The number of benzene rings is 2. The number of anilines is 1. The molecule has 22 heavy (non-hydrogen) atoms. The molecule has 2 aromatic rings. The molecule has 0 aliphatic heterocycles. The molecule has 0 heterocycles. The second-order valence-corrected chi connectivity index (χ2v) is 6.05. The van der Waals surface area contributed by atoms with E-state index in [-0.39, 0.29) is 0 Å². The minimum atomic E-state index is 0.792. The molecule has 0 atom stereocenters. The zero-order valence-corrected chi connectivity index (χ0v) is 14.8. The van der Waals surface area contributed by atoms with E-state index in [1.807, 2.05) is 19.2 Å². The highest BCUT2D eigenvalue weighted by molar-refractivity contribution is 6.32. The predicted molar refractivity (Wildman–Crippen MR) is 99.7 cm³/mol. The van der Waals surface area contributed by atoms with Gasteiger partial charge >= 0.3 is 0 Å². The summed E-state index contributed by atoms with van der Waals surface area (Å²) in [5.41, 5.74) is 8.74. The van der Waals surface area contributed by atoms with Crippen LogP contribution in [0.1, 0.15) is 43.0 Å². The summed E-state index contributed by atoms with van der Waals surface area (Å²) in [6, 6.07) is 12.6. The maximum absolute atomic E-state index is 6.42. The molecule has 1 nitrogen and oxygen atoms in total. The van der Waals surface area contributed by atoms with Gasteiger partial charge in [0.15, 0.2) is 0 Å². The van der Waals surface area contributed by atoms with E-state index in [0.29, 0.717) is 0 Å². The van der Waals surface area contributed by atoms with Crippen molar-refractivity contribution in [1.29, 1.82) is 0 Å². The third-order valence-corrected chi connectivity index (χ3v) is 4.78. The van der Waals surface area contributed by atoms with Crippen molar-refractivity contribution in [2.45, 2.75) is 34.1 Å². The third-order valence-electron chi connectivity index (χ3n) is 4.45. The Kier molecular flexibility index (Phi) is 5.31. The summed E-state index contributed by atoms with van der Waals surface area (Å²) in [5, 5.41) is 3.97. The fraction of sp³-hybridized carbons (Fsp3) is 0.300. The number of aryl methyl sites for hydroxylation is 1. The predicted octanol–water partition coefficient (Wildman–Crippen LogP) is 6.20. The largest absolute Gasteiger partial charge is 0.388 e. The van der Waals surface area contributed by atoms with E-state index in [1.165, 1.54) is 27.8 Å². The minimum absolute atomic E-state index is 0.792. The van der Waals surface area contributed by atoms with Crippen molar-refractivity contribution in [1.82, 2.24) is 0 Å². The lowest BCUT2D eigenvalue weighted by molar-refractivity contribution is 1.10. The molecule has 1 N–H and O–H groups in total. The Morgan fingerprint density at radius 2 is 1.73 bits per heavy atom. The highest BCUT2D eigenvalue weighted by atomic mass is 35.5. The van der Waals surface area contributed by atoms with Crippen LogP contribution in [0.4, 0.5) is 5.69 Å². The molecule has 0 aliphatic rings. The molecule has 0 unspecified atom stereocenters. The number of nitrogens with one attached hydrogen (secondary N) is 1. The average molecular weight is 314 g/mol. The second kappa shape index (κ2) is 7.02. The molecule has 0 saturated carbocycles. The molecule has 0 radical (unpaired) electrons. The Hall–Kier alpha value is -1.73. The van der Waals surface area contributed by atoms with E-state index < -0.39 is 0 Å². The summed E-state index contributed by atoms with van der Waals surface area (Å²) in [7, 11) is 1.92. The van der Waals surface area contributed by atoms with Gasteiger partial charge in [0, 0.05) is 17.8 Å². The quantitative estimate of drug-likeness (QED) is 0.662. The van der Waals surface area contributed by atoms with E-state index in [0.717, 1.165) is 22.7 Å². The fourth-order valence-electron chi connectivity index (χ4n) is 2.84. The SMILES string of the molecule is CCc1cccc(/C(C)=C(\C)c2cc(NC)ccc2Cl)c1C. The van der Waals surface area contributed by atoms with Crippen LogP contribution in [0.15, 0.2) is 36.4 Å². The van der Waals surface area contributed by atoms with Crippen LogP contribution < -0.4 is 5.32 Å². The van der Waals surface area contributed by atoms with Gasteiger partial charge in [0.2, 0.25) is 0 Å². The first-order chi connectivity index (χ1) is 10.5. The van der Waals surface area contributed by atoms with Crippen molar-refractivity contribution in [2.75, 3.05) is 12.4 Å². The Morgan fingerprint density at radius 1 is 1.05 bits per heavy atom. The minimum Gasteiger partial charge on any atom is -0.388 e. The van der Waals surface area contributed by atoms with Gasteiger partial charge in [-0.15, -0.1) is 0 Å². The molecule has 0 amide bonds. The van der Waals surface area contributed by atoms with E-state index in [2.05, 4.69) is 57.3 Å². The first kappa shape index (κ1) is 16.6. The van der Waals surface area contributed by atoms with Crippen molar-refractivity contribution in [2.24, 2.45) is 0 Å². The molecule has 2 rings (SSSR count). The topological polar surface area (TPSA) is 12.0 Å². The number of allylic oxidation sites excluding steroid dienone is 2. The van der Waals surface area contributed by atoms with Crippen molar-refractivity contribution in [3.63, 3.8) is 0 Å². The summed E-state index contributed by atoms with van der Waals surface area (Å²) in [5.74, 6) is 0. The van der Waals surface area contributed by atoms with Crippen molar-refractivity contribution >= 4 is 28.4 Å². The first-order valence-corrected chi connectivity index (χ1v) is 8.11. The summed E-state index contributed by atoms with van der Waals surface area (Å²) >= 11 is 6.42. The van der Waals surface area contributed by atoms with Crippen LogP contribution in [0.2, 0.25) is 5.02 Å². The lowest BCUT2D eigenvalue weighted by Crippen LogP contribution is -1.96. The van der Waals surface area contributed by atoms with Gasteiger partial charge in [-0.3, -0.25) is 0 Å². The van der Waals surface area contributed by atoms with Gasteiger partial charge in [-0.1, -0.05) is 36.7 Å². The molecule has 0 aromatic heterocycles. The third kappa shape index (κ3) is 3.20. The van der Waals surface area contributed by atoms with Gasteiger partial charge < -0.3 is 5.32 Å². The summed E-state index contributed by atoms with van der Waals surface area (Å²) in [6.45, 7) is 8.73. The van der Waals surface area contributed by atoms with Crippen LogP contribution in [0.25, 0.3) is 11.1 Å². The zero-order valence-electron chi connectivity index (χ0n) is 14.0. The normalized spacial score (nSPS) is 12.1. The second-order valence-electron chi connectivity index (χ2n) is 5.64. The maximum atomic E-state index is 6.42. The number of rotatable bonds is 4. The van der Waals surface area contributed by atoms with E-state index >= 15 is 0 Å². The van der Waals surface area contributed by atoms with Crippen LogP contribution in [0, 0.1) is 6.92 Å². The molecule has 0 fully saturated rings. The fourth-order valence-corrected chi connectivity index (χ4v) is 3.10. The number of hydrogen-bond donors (Lipinski definition) is 1. The smallest absolute Gasteiger partial charge is 0.0482 e. The molecule has 2 heteroatoms. The summed E-state index contributed by atoms with van der Waals surface area (Å²) < 4.78 is 0. The Morgan fingerprint density at radius 3 is 2.36 bits per heavy atom. The van der Waals surface area contributed by atoms with Crippen molar-refractivity contribution < 1.29 is 0 Å².